The average molecular weight is 495 g/mol. The molecule has 0 saturated carbocycles. The fourth-order valence-corrected chi connectivity index (χ4v) is 3.54. The summed E-state index contributed by atoms with van der Waals surface area (Å²) in [6.45, 7) is 1.65. The lowest BCUT2D eigenvalue weighted by Gasteiger charge is -2.10. The molecule has 0 radical (unpaired) electrons. The molecule has 0 atom stereocenters. The number of hydrogen-bond acceptors (Lipinski definition) is 7. The van der Waals surface area contributed by atoms with Crippen molar-refractivity contribution in [2.75, 3.05) is 7.11 Å². The van der Waals surface area contributed by atoms with Crippen molar-refractivity contribution < 1.29 is 33.1 Å². The zero-order chi connectivity index (χ0) is 25.1. The van der Waals surface area contributed by atoms with Crippen LogP contribution in [0.2, 0.25) is 5.02 Å². The first-order valence-electron chi connectivity index (χ1n) is 10.3. The summed E-state index contributed by atoms with van der Waals surface area (Å²) in [7, 11) is 1.21. The number of esters is 2. The first kappa shape index (κ1) is 23.8. The van der Waals surface area contributed by atoms with Crippen molar-refractivity contribution in [1.82, 2.24) is 10.2 Å². The SMILES string of the molecule is COC(=O)c1ccc(CN2C(=O)NC(=Cc3cc(Cl)ccc3OC(=O)c3cccc(C)c3)C2=O)o1. The van der Waals surface area contributed by atoms with E-state index in [4.69, 9.17) is 20.8 Å². The van der Waals surface area contributed by atoms with E-state index in [2.05, 4.69) is 10.1 Å². The summed E-state index contributed by atoms with van der Waals surface area (Å²) in [5.74, 6) is -1.58. The molecule has 0 unspecified atom stereocenters. The van der Waals surface area contributed by atoms with Crippen molar-refractivity contribution in [2.24, 2.45) is 0 Å². The number of carbonyl (C=O) groups excluding carboxylic acids is 4. The third-order valence-corrected chi connectivity index (χ3v) is 5.29. The van der Waals surface area contributed by atoms with Crippen molar-refractivity contribution in [3.05, 3.63) is 93.5 Å². The molecule has 1 N–H and O–H groups in total. The van der Waals surface area contributed by atoms with Crippen LogP contribution in [0.5, 0.6) is 5.75 Å². The quantitative estimate of drug-likeness (QED) is 0.234. The molecule has 4 rings (SSSR count). The molecule has 1 aliphatic heterocycles. The number of aryl methyl sites for hydroxylation is 1. The number of rotatable bonds is 6. The molecule has 3 amide bonds. The van der Waals surface area contributed by atoms with E-state index in [-0.39, 0.29) is 29.5 Å². The van der Waals surface area contributed by atoms with Gasteiger partial charge in [0.05, 0.1) is 19.2 Å². The van der Waals surface area contributed by atoms with Gasteiger partial charge < -0.3 is 19.2 Å². The van der Waals surface area contributed by atoms with Gasteiger partial charge in [0.2, 0.25) is 5.76 Å². The fourth-order valence-electron chi connectivity index (χ4n) is 3.36. The Kier molecular flexibility index (Phi) is 6.70. The number of halogens is 1. The maximum Gasteiger partial charge on any atom is 0.373 e. The third kappa shape index (κ3) is 5.25. The van der Waals surface area contributed by atoms with E-state index in [9.17, 15) is 19.2 Å². The van der Waals surface area contributed by atoms with Crippen molar-refractivity contribution in [1.29, 1.82) is 0 Å². The van der Waals surface area contributed by atoms with Crippen molar-refractivity contribution >= 4 is 41.6 Å². The summed E-state index contributed by atoms with van der Waals surface area (Å²) >= 11 is 6.11. The van der Waals surface area contributed by atoms with Gasteiger partial charge in [0, 0.05) is 10.6 Å². The van der Waals surface area contributed by atoms with Gasteiger partial charge in [-0.3, -0.25) is 9.69 Å². The van der Waals surface area contributed by atoms with Crippen molar-refractivity contribution in [3.63, 3.8) is 0 Å². The zero-order valence-electron chi connectivity index (χ0n) is 18.7. The smallest absolute Gasteiger partial charge is 0.373 e. The number of urea groups is 1. The number of hydrogen-bond donors (Lipinski definition) is 1. The highest BCUT2D eigenvalue weighted by molar-refractivity contribution is 6.30. The maximum absolute atomic E-state index is 12.9. The van der Waals surface area contributed by atoms with Crippen LogP contribution in [-0.4, -0.2) is 35.9 Å². The Morgan fingerprint density at radius 3 is 2.63 bits per heavy atom. The lowest BCUT2D eigenvalue weighted by Crippen LogP contribution is -2.30. The summed E-state index contributed by atoms with van der Waals surface area (Å²) in [5.41, 5.74) is 1.52. The highest BCUT2D eigenvalue weighted by Crippen LogP contribution is 2.28. The number of furan rings is 1. The topological polar surface area (TPSA) is 115 Å². The van der Waals surface area contributed by atoms with Gasteiger partial charge in [-0.15, -0.1) is 0 Å². The van der Waals surface area contributed by atoms with Crippen LogP contribution in [0.3, 0.4) is 0 Å². The normalized spacial score (nSPS) is 14.3. The molecule has 0 spiro atoms. The minimum absolute atomic E-state index is 0.0510. The standard InChI is InChI=1S/C25H19ClN2O7/c1-14-4-3-5-15(10-14)23(30)35-20-8-6-17(26)11-16(20)12-19-22(29)28(25(32)27-19)13-18-7-9-21(34-18)24(31)33-2/h3-12H,13H2,1-2H3,(H,27,32). The number of benzene rings is 2. The average Bonchev–Trinajstić information content (AvgIpc) is 3.40. The fraction of sp³-hybridized carbons (Fsp3) is 0.120. The van der Waals surface area contributed by atoms with Gasteiger partial charge >= 0.3 is 18.0 Å². The largest absolute Gasteiger partial charge is 0.463 e. The molecular formula is C25H19ClN2O7. The summed E-state index contributed by atoms with van der Waals surface area (Å²) in [6, 6.07) is 13.6. The van der Waals surface area contributed by atoms with Crippen LogP contribution in [0.15, 0.2) is 64.7 Å². The minimum atomic E-state index is -0.683. The van der Waals surface area contributed by atoms with Crippen LogP contribution in [0.25, 0.3) is 6.08 Å². The molecule has 0 aliphatic carbocycles. The Morgan fingerprint density at radius 1 is 1.09 bits per heavy atom. The van der Waals surface area contributed by atoms with Gasteiger partial charge in [0.15, 0.2) is 0 Å². The second-order valence-corrected chi connectivity index (χ2v) is 8.01. The van der Waals surface area contributed by atoms with E-state index >= 15 is 0 Å². The highest BCUT2D eigenvalue weighted by Gasteiger charge is 2.34. The summed E-state index contributed by atoms with van der Waals surface area (Å²) in [6.07, 6.45) is 1.37. The van der Waals surface area contributed by atoms with Crippen molar-refractivity contribution in [3.8, 4) is 5.75 Å². The molecule has 9 nitrogen and oxygen atoms in total. The first-order chi connectivity index (χ1) is 16.7. The van der Waals surface area contributed by atoms with E-state index in [1.807, 2.05) is 13.0 Å². The van der Waals surface area contributed by atoms with E-state index in [1.165, 1.54) is 37.5 Å². The van der Waals surface area contributed by atoms with Gasteiger partial charge in [-0.05, 0) is 55.5 Å². The van der Waals surface area contributed by atoms with Gasteiger partial charge in [-0.25, -0.2) is 14.4 Å². The lowest BCUT2D eigenvalue weighted by atomic mass is 10.1. The number of carbonyl (C=O) groups is 4. The van der Waals surface area contributed by atoms with Crippen LogP contribution in [-0.2, 0) is 16.1 Å². The number of methoxy groups -OCH3 is 1. The highest BCUT2D eigenvalue weighted by atomic mass is 35.5. The van der Waals surface area contributed by atoms with Crippen LogP contribution in [0, 0.1) is 6.92 Å². The number of nitrogens with one attached hydrogen (secondary N) is 1. The maximum atomic E-state index is 12.9. The molecule has 1 aliphatic rings. The third-order valence-electron chi connectivity index (χ3n) is 5.05. The first-order valence-corrected chi connectivity index (χ1v) is 10.7. The molecule has 0 bridgehead atoms. The molecule has 2 heterocycles. The van der Waals surface area contributed by atoms with E-state index < -0.39 is 23.9 Å². The van der Waals surface area contributed by atoms with Gasteiger partial charge in [0.25, 0.3) is 5.91 Å². The van der Waals surface area contributed by atoms with Crippen molar-refractivity contribution in [2.45, 2.75) is 13.5 Å². The number of amides is 3. The second kappa shape index (κ2) is 9.86. The Labute approximate surface area is 204 Å². The van der Waals surface area contributed by atoms with Crippen LogP contribution in [0.1, 0.15) is 37.8 Å². The van der Waals surface area contributed by atoms with E-state index in [0.717, 1.165) is 10.5 Å². The predicted octanol–water partition coefficient (Wildman–Crippen LogP) is 4.34. The molecule has 35 heavy (non-hydrogen) atoms. The van der Waals surface area contributed by atoms with Gasteiger partial charge in [-0.2, -0.15) is 0 Å². The Balaban J connectivity index is 1.56. The summed E-state index contributed by atoms with van der Waals surface area (Å²) in [4.78, 5) is 50.4. The molecular weight excluding hydrogens is 476 g/mol. The Hall–Kier alpha value is -4.37. The van der Waals surface area contributed by atoms with Crippen LogP contribution < -0.4 is 10.1 Å². The molecule has 1 saturated heterocycles. The predicted molar refractivity (Wildman–Crippen MR) is 125 cm³/mol. The molecule has 2 aromatic carbocycles. The van der Waals surface area contributed by atoms with Gasteiger partial charge in [0.1, 0.15) is 17.2 Å². The van der Waals surface area contributed by atoms with Crippen LogP contribution in [0.4, 0.5) is 4.79 Å². The molecule has 3 aromatic rings. The van der Waals surface area contributed by atoms with E-state index in [0.29, 0.717) is 16.1 Å². The lowest BCUT2D eigenvalue weighted by molar-refractivity contribution is -0.123. The molecule has 10 heteroatoms. The molecule has 1 fully saturated rings. The molecule has 1 aromatic heterocycles. The number of nitrogens with zero attached hydrogens (tertiary/aromatic N) is 1. The number of imide groups is 1. The summed E-state index contributed by atoms with van der Waals surface area (Å²) < 4.78 is 15.4. The minimum Gasteiger partial charge on any atom is -0.463 e. The number of ether oxygens (including phenoxy) is 2. The molecule has 178 valence electrons. The van der Waals surface area contributed by atoms with Gasteiger partial charge in [-0.1, -0.05) is 29.3 Å². The summed E-state index contributed by atoms with van der Waals surface area (Å²) in [5, 5.41) is 2.82. The zero-order valence-corrected chi connectivity index (χ0v) is 19.4. The Bertz CT molecular complexity index is 1380. The van der Waals surface area contributed by atoms with Crippen LogP contribution >= 0.6 is 11.6 Å². The monoisotopic (exact) mass is 494 g/mol. The van der Waals surface area contributed by atoms with E-state index in [1.54, 1.807) is 24.3 Å². The Morgan fingerprint density at radius 2 is 1.89 bits per heavy atom. The second-order valence-electron chi connectivity index (χ2n) is 7.58.